The zero-order valence-corrected chi connectivity index (χ0v) is 9.24. The number of nitriles is 1. The molecule has 18 heavy (non-hydrogen) atoms. The van der Waals surface area contributed by atoms with E-state index in [4.69, 9.17) is 15.1 Å². The van der Waals surface area contributed by atoms with Crippen LogP contribution in [-0.4, -0.2) is 38.6 Å². The normalized spacial score (nSPS) is 27.1. The van der Waals surface area contributed by atoms with E-state index >= 15 is 0 Å². The first-order valence-electron chi connectivity index (χ1n) is 5.26. The van der Waals surface area contributed by atoms with Crippen molar-refractivity contribution in [3.8, 4) is 6.07 Å². The quantitative estimate of drug-likeness (QED) is 0.562. The lowest BCUT2D eigenvalue weighted by Crippen LogP contribution is -2.33. The first-order valence-corrected chi connectivity index (χ1v) is 5.26. The standard InChI is InChI=1S/C10H11N3O5/c11-2-5-3-13(10(17)12-9(5)16)8-1-6(15)7(4-14)18-8/h3,6-8,14-15H,1,4H2,(H,12,16,17)/t6-,7+,8+/m0/s1. The van der Waals surface area contributed by atoms with Crippen LogP contribution in [0.3, 0.4) is 0 Å². The van der Waals surface area contributed by atoms with Gasteiger partial charge in [-0.3, -0.25) is 14.3 Å². The van der Waals surface area contributed by atoms with Gasteiger partial charge in [0.1, 0.15) is 24.0 Å². The smallest absolute Gasteiger partial charge is 0.330 e. The van der Waals surface area contributed by atoms with Gasteiger partial charge in [0.25, 0.3) is 5.56 Å². The Hall–Kier alpha value is -1.95. The molecule has 1 aliphatic heterocycles. The largest absolute Gasteiger partial charge is 0.394 e. The Kier molecular flexibility index (Phi) is 3.29. The van der Waals surface area contributed by atoms with Crippen LogP contribution in [0.4, 0.5) is 0 Å². The van der Waals surface area contributed by atoms with Crippen LogP contribution in [0.25, 0.3) is 0 Å². The minimum Gasteiger partial charge on any atom is -0.394 e. The minimum atomic E-state index is -0.899. The predicted molar refractivity (Wildman–Crippen MR) is 57.7 cm³/mol. The zero-order chi connectivity index (χ0) is 13.3. The maximum Gasteiger partial charge on any atom is 0.330 e. The number of aliphatic hydroxyl groups excluding tert-OH is 2. The van der Waals surface area contributed by atoms with Crippen molar-refractivity contribution >= 4 is 0 Å². The minimum absolute atomic E-state index is 0.0993. The van der Waals surface area contributed by atoms with Crippen LogP contribution < -0.4 is 11.2 Å². The van der Waals surface area contributed by atoms with Gasteiger partial charge in [-0.15, -0.1) is 0 Å². The van der Waals surface area contributed by atoms with Gasteiger partial charge in [-0.2, -0.15) is 5.26 Å². The summed E-state index contributed by atoms with van der Waals surface area (Å²) in [5.74, 6) is 0. The highest BCUT2D eigenvalue weighted by Gasteiger charge is 2.35. The number of nitrogens with one attached hydrogen (secondary N) is 1. The van der Waals surface area contributed by atoms with Gasteiger partial charge in [0.05, 0.1) is 12.7 Å². The van der Waals surface area contributed by atoms with E-state index in [1.165, 1.54) is 0 Å². The molecule has 1 aromatic rings. The van der Waals surface area contributed by atoms with E-state index in [9.17, 15) is 14.7 Å². The van der Waals surface area contributed by atoms with Crippen molar-refractivity contribution in [2.45, 2.75) is 24.9 Å². The second-order valence-corrected chi connectivity index (χ2v) is 3.94. The molecule has 0 radical (unpaired) electrons. The number of aromatic amines is 1. The molecule has 3 atom stereocenters. The molecule has 0 saturated carbocycles. The van der Waals surface area contributed by atoms with Crippen LogP contribution in [0.1, 0.15) is 18.2 Å². The van der Waals surface area contributed by atoms with Crippen molar-refractivity contribution in [1.29, 1.82) is 5.26 Å². The van der Waals surface area contributed by atoms with Gasteiger partial charge in [-0.25, -0.2) is 4.79 Å². The van der Waals surface area contributed by atoms with E-state index in [-0.39, 0.29) is 18.6 Å². The van der Waals surface area contributed by atoms with E-state index in [2.05, 4.69) is 0 Å². The fraction of sp³-hybridized carbons (Fsp3) is 0.500. The van der Waals surface area contributed by atoms with Crippen molar-refractivity contribution in [2.24, 2.45) is 0 Å². The number of rotatable bonds is 2. The van der Waals surface area contributed by atoms with Crippen molar-refractivity contribution in [3.05, 3.63) is 32.6 Å². The highest BCUT2D eigenvalue weighted by Crippen LogP contribution is 2.27. The van der Waals surface area contributed by atoms with Crippen LogP contribution in [0.15, 0.2) is 15.8 Å². The number of H-pyrrole nitrogens is 1. The molecule has 0 aliphatic carbocycles. The third-order valence-electron chi connectivity index (χ3n) is 2.78. The van der Waals surface area contributed by atoms with E-state index < -0.39 is 29.7 Å². The monoisotopic (exact) mass is 253 g/mol. The fourth-order valence-electron chi connectivity index (χ4n) is 1.83. The molecule has 3 N–H and O–H groups in total. The van der Waals surface area contributed by atoms with E-state index in [0.29, 0.717) is 0 Å². The summed E-state index contributed by atoms with van der Waals surface area (Å²) in [6, 6.07) is 1.65. The summed E-state index contributed by atoms with van der Waals surface area (Å²) in [6.45, 7) is -0.374. The number of ether oxygens (including phenoxy) is 1. The SMILES string of the molecule is N#Cc1cn([C@H]2C[C@H](O)[C@@H](CO)O2)c(=O)[nH]c1=O. The van der Waals surface area contributed by atoms with Gasteiger partial charge in [-0.1, -0.05) is 0 Å². The Balaban J connectivity index is 2.39. The fourth-order valence-corrected chi connectivity index (χ4v) is 1.83. The third-order valence-corrected chi connectivity index (χ3v) is 2.78. The number of aliphatic hydroxyl groups is 2. The second kappa shape index (κ2) is 4.73. The average Bonchev–Trinajstić information content (AvgIpc) is 2.70. The van der Waals surface area contributed by atoms with Gasteiger partial charge in [0.15, 0.2) is 0 Å². The molecule has 2 heterocycles. The molecule has 1 aromatic heterocycles. The first-order chi connectivity index (χ1) is 8.56. The highest BCUT2D eigenvalue weighted by molar-refractivity contribution is 5.21. The molecular formula is C10H11N3O5. The summed E-state index contributed by atoms with van der Waals surface area (Å²) in [5, 5.41) is 27.2. The summed E-state index contributed by atoms with van der Waals surface area (Å²) in [6.07, 6.45) is -1.31. The highest BCUT2D eigenvalue weighted by atomic mass is 16.5. The summed E-state index contributed by atoms with van der Waals surface area (Å²) in [7, 11) is 0. The van der Waals surface area contributed by atoms with E-state index in [1.807, 2.05) is 4.98 Å². The number of hydrogen-bond donors (Lipinski definition) is 3. The number of hydrogen-bond acceptors (Lipinski definition) is 6. The summed E-state index contributed by atoms with van der Waals surface area (Å²) < 4.78 is 6.29. The van der Waals surface area contributed by atoms with Gasteiger partial charge < -0.3 is 14.9 Å². The number of nitrogens with zero attached hydrogens (tertiary/aromatic N) is 2. The van der Waals surface area contributed by atoms with Crippen LogP contribution in [-0.2, 0) is 4.74 Å². The molecule has 0 bridgehead atoms. The van der Waals surface area contributed by atoms with Crippen molar-refractivity contribution < 1.29 is 14.9 Å². The van der Waals surface area contributed by atoms with Crippen LogP contribution in [0.5, 0.6) is 0 Å². The van der Waals surface area contributed by atoms with Crippen molar-refractivity contribution in [3.63, 3.8) is 0 Å². The number of aromatic nitrogens is 2. The van der Waals surface area contributed by atoms with Crippen LogP contribution in [0, 0.1) is 11.3 Å². The molecule has 1 aliphatic rings. The molecule has 0 unspecified atom stereocenters. The van der Waals surface area contributed by atoms with Gasteiger partial charge in [-0.05, 0) is 0 Å². The summed E-state index contributed by atoms with van der Waals surface area (Å²) in [5.41, 5.74) is -1.72. The summed E-state index contributed by atoms with van der Waals surface area (Å²) in [4.78, 5) is 24.8. The molecule has 1 saturated heterocycles. The maximum absolute atomic E-state index is 11.6. The zero-order valence-electron chi connectivity index (χ0n) is 9.24. The Morgan fingerprint density at radius 3 is 2.89 bits per heavy atom. The Morgan fingerprint density at radius 1 is 1.61 bits per heavy atom. The Bertz CT molecular complexity index is 599. The molecule has 0 aromatic carbocycles. The molecule has 8 heteroatoms. The van der Waals surface area contributed by atoms with E-state index in [1.54, 1.807) is 6.07 Å². The van der Waals surface area contributed by atoms with Gasteiger partial charge >= 0.3 is 5.69 Å². The van der Waals surface area contributed by atoms with Crippen molar-refractivity contribution in [2.75, 3.05) is 6.61 Å². The van der Waals surface area contributed by atoms with Crippen LogP contribution >= 0.6 is 0 Å². The van der Waals surface area contributed by atoms with E-state index in [0.717, 1.165) is 10.8 Å². The second-order valence-electron chi connectivity index (χ2n) is 3.94. The Morgan fingerprint density at radius 2 is 2.33 bits per heavy atom. The molecule has 0 amide bonds. The van der Waals surface area contributed by atoms with Crippen LogP contribution in [0.2, 0.25) is 0 Å². The predicted octanol–water partition coefficient (Wildman–Crippen LogP) is -1.95. The maximum atomic E-state index is 11.6. The lowest BCUT2D eigenvalue weighted by molar-refractivity contribution is -0.0459. The van der Waals surface area contributed by atoms with Gasteiger partial charge in [0, 0.05) is 12.6 Å². The van der Waals surface area contributed by atoms with Gasteiger partial charge in [0.2, 0.25) is 0 Å². The summed E-state index contributed by atoms with van der Waals surface area (Å²) >= 11 is 0. The lowest BCUT2D eigenvalue weighted by Gasteiger charge is -2.14. The first kappa shape index (κ1) is 12.5. The molecule has 2 rings (SSSR count). The van der Waals surface area contributed by atoms with Crippen molar-refractivity contribution in [1.82, 2.24) is 9.55 Å². The molecule has 0 spiro atoms. The molecule has 8 nitrogen and oxygen atoms in total. The molecule has 96 valence electrons. The average molecular weight is 253 g/mol. The topological polar surface area (TPSA) is 128 Å². The lowest BCUT2D eigenvalue weighted by atomic mass is 10.2. The Labute approximate surface area is 101 Å². The molecule has 1 fully saturated rings. The molecular weight excluding hydrogens is 242 g/mol. The third kappa shape index (κ3) is 2.06.